The maximum atomic E-state index is 11.2. The predicted octanol–water partition coefficient (Wildman–Crippen LogP) is 3.43. The van der Waals surface area contributed by atoms with E-state index < -0.39 is 0 Å². The van der Waals surface area contributed by atoms with Crippen LogP contribution in [-0.2, 0) is 4.79 Å². The normalized spacial score (nSPS) is 11.8. The highest BCUT2D eigenvalue weighted by atomic mass is 32.1. The van der Waals surface area contributed by atoms with Crippen molar-refractivity contribution in [2.24, 2.45) is 0 Å². The van der Waals surface area contributed by atoms with Gasteiger partial charge < -0.3 is 16.4 Å². The number of nitrogens with two attached hydrogens (primary N) is 1. The molecule has 0 aliphatic rings. The molecule has 1 atom stereocenters. The monoisotopic (exact) mass is 368 g/mol. The van der Waals surface area contributed by atoms with Crippen LogP contribution in [0.1, 0.15) is 30.5 Å². The molecule has 0 saturated heterocycles. The lowest BCUT2D eigenvalue weighted by Crippen LogP contribution is -2.23. The average molecular weight is 368 g/mol. The Morgan fingerprint density at radius 3 is 2.77 bits per heavy atom. The molecule has 0 fully saturated rings. The van der Waals surface area contributed by atoms with Crippen LogP contribution in [0.25, 0.3) is 10.6 Å². The van der Waals surface area contributed by atoms with Crippen molar-refractivity contribution in [1.82, 2.24) is 20.3 Å². The van der Waals surface area contributed by atoms with Crippen molar-refractivity contribution in [2.75, 3.05) is 11.1 Å². The van der Waals surface area contributed by atoms with Crippen LogP contribution in [0.5, 0.6) is 0 Å². The molecule has 0 spiro atoms. The number of hydrogen-bond acceptors (Lipinski definition) is 7. The van der Waals surface area contributed by atoms with E-state index in [4.69, 9.17) is 5.73 Å². The van der Waals surface area contributed by atoms with Gasteiger partial charge in [0.2, 0.25) is 5.91 Å². The molecular weight excluding hydrogens is 348 g/mol. The molecule has 0 aliphatic heterocycles. The van der Waals surface area contributed by atoms with Gasteiger partial charge in [0, 0.05) is 13.1 Å². The Morgan fingerprint density at radius 1 is 1.23 bits per heavy atom. The Labute approximate surface area is 155 Å². The topological polar surface area (TPSA) is 106 Å². The molecule has 3 heterocycles. The van der Waals surface area contributed by atoms with Gasteiger partial charge in [-0.2, -0.15) is 0 Å². The molecule has 3 aromatic heterocycles. The van der Waals surface area contributed by atoms with Crippen LogP contribution in [0.4, 0.5) is 17.5 Å². The lowest BCUT2D eigenvalue weighted by molar-refractivity contribution is -0.119. The van der Waals surface area contributed by atoms with E-state index in [2.05, 4.69) is 25.6 Å². The summed E-state index contributed by atoms with van der Waals surface area (Å²) < 4.78 is 0. The zero-order valence-corrected chi connectivity index (χ0v) is 15.6. The van der Waals surface area contributed by atoms with E-state index in [0.29, 0.717) is 11.6 Å². The lowest BCUT2D eigenvalue weighted by Gasteiger charge is -2.08. The maximum absolute atomic E-state index is 11.2. The first-order valence-corrected chi connectivity index (χ1v) is 8.94. The van der Waals surface area contributed by atoms with Crippen LogP contribution in [0.3, 0.4) is 0 Å². The third kappa shape index (κ3) is 4.15. The second-order valence-corrected chi connectivity index (χ2v) is 6.97. The summed E-state index contributed by atoms with van der Waals surface area (Å²) in [6.07, 6.45) is 1.75. The number of nitrogens with one attached hydrogen (secondary N) is 2. The van der Waals surface area contributed by atoms with Gasteiger partial charge in [0.05, 0.1) is 16.6 Å². The van der Waals surface area contributed by atoms with Crippen molar-refractivity contribution in [3.05, 3.63) is 47.1 Å². The number of nitrogen functional groups attached to an aromatic ring is 1. The molecular formula is C18H20N6OS. The number of rotatable bonds is 5. The van der Waals surface area contributed by atoms with Crippen LogP contribution in [0.15, 0.2) is 36.5 Å². The summed E-state index contributed by atoms with van der Waals surface area (Å²) in [5.41, 5.74) is 7.91. The first-order valence-electron chi connectivity index (χ1n) is 8.13. The SMILES string of the molecule is CC(=O)N[C@@H](C)c1nc(N)c(-c2cccc(Nc3cc(C)ccn3)n2)s1. The number of nitrogens with zero attached hydrogens (tertiary/aromatic N) is 3. The average Bonchev–Trinajstić information content (AvgIpc) is 2.96. The second kappa shape index (κ2) is 7.49. The Kier molecular flexibility index (Phi) is 5.13. The minimum Gasteiger partial charge on any atom is -0.382 e. The number of amides is 1. The molecule has 0 aliphatic carbocycles. The van der Waals surface area contributed by atoms with Crippen molar-refractivity contribution in [2.45, 2.75) is 26.8 Å². The van der Waals surface area contributed by atoms with E-state index in [0.717, 1.165) is 27.0 Å². The molecule has 26 heavy (non-hydrogen) atoms. The van der Waals surface area contributed by atoms with Crippen molar-refractivity contribution < 1.29 is 4.79 Å². The fourth-order valence-corrected chi connectivity index (χ4v) is 3.41. The molecule has 7 nitrogen and oxygen atoms in total. The third-order valence-electron chi connectivity index (χ3n) is 3.61. The number of aryl methyl sites for hydroxylation is 1. The van der Waals surface area contributed by atoms with Gasteiger partial charge in [0.15, 0.2) is 0 Å². The van der Waals surface area contributed by atoms with Gasteiger partial charge >= 0.3 is 0 Å². The standard InChI is InChI=1S/C18H20N6OS/c1-10-7-8-20-15(9-10)23-14-6-4-5-13(22-14)16-17(19)24-18(26-16)11(2)21-12(3)25/h4-9,11H,19H2,1-3H3,(H,21,25)(H,20,22,23)/t11-/m0/s1. The van der Waals surface area contributed by atoms with Gasteiger partial charge in [-0.15, -0.1) is 11.3 Å². The number of anilines is 3. The molecule has 3 aromatic rings. The Hall–Kier alpha value is -3.00. The van der Waals surface area contributed by atoms with E-state index in [-0.39, 0.29) is 11.9 Å². The summed E-state index contributed by atoms with van der Waals surface area (Å²) in [6, 6.07) is 9.33. The molecule has 134 valence electrons. The van der Waals surface area contributed by atoms with E-state index in [9.17, 15) is 4.79 Å². The summed E-state index contributed by atoms with van der Waals surface area (Å²) in [5.74, 6) is 1.69. The molecule has 0 unspecified atom stereocenters. The quantitative estimate of drug-likeness (QED) is 0.637. The summed E-state index contributed by atoms with van der Waals surface area (Å²) in [6.45, 7) is 5.36. The number of thiazole rings is 1. The number of carbonyl (C=O) groups is 1. The molecule has 4 N–H and O–H groups in total. The summed E-state index contributed by atoms with van der Waals surface area (Å²) >= 11 is 1.42. The van der Waals surface area contributed by atoms with E-state index >= 15 is 0 Å². The predicted molar refractivity (Wildman–Crippen MR) is 104 cm³/mol. The minimum atomic E-state index is -0.202. The molecule has 0 bridgehead atoms. The third-order valence-corrected chi connectivity index (χ3v) is 4.89. The van der Waals surface area contributed by atoms with Gasteiger partial charge in [-0.05, 0) is 43.7 Å². The van der Waals surface area contributed by atoms with E-state index in [1.165, 1.54) is 18.3 Å². The number of carbonyl (C=O) groups excluding carboxylic acids is 1. The highest BCUT2D eigenvalue weighted by Gasteiger charge is 2.17. The lowest BCUT2D eigenvalue weighted by atomic mass is 10.3. The molecule has 0 aromatic carbocycles. The minimum absolute atomic E-state index is 0.109. The van der Waals surface area contributed by atoms with Gasteiger partial charge in [-0.1, -0.05) is 6.07 Å². The number of hydrogen-bond donors (Lipinski definition) is 3. The van der Waals surface area contributed by atoms with Crippen LogP contribution in [-0.4, -0.2) is 20.9 Å². The Balaban J connectivity index is 1.86. The van der Waals surface area contributed by atoms with Crippen LogP contribution in [0.2, 0.25) is 0 Å². The van der Waals surface area contributed by atoms with Crippen molar-refractivity contribution in [3.63, 3.8) is 0 Å². The van der Waals surface area contributed by atoms with E-state index in [1.54, 1.807) is 6.20 Å². The highest BCUT2D eigenvalue weighted by molar-refractivity contribution is 7.15. The summed E-state index contributed by atoms with van der Waals surface area (Å²) in [4.78, 5) is 25.3. The number of pyridine rings is 2. The second-order valence-electron chi connectivity index (χ2n) is 5.94. The van der Waals surface area contributed by atoms with Crippen molar-refractivity contribution in [1.29, 1.82) is 0 Å². The summed E-state index contributed by atoms with van der Waals surface area (Å²) in [5, 5.41) is 6.75. The molecule has 3 rings (SSSR count). The van der Waals surface area contributed by atoms with Crippen LogP contribution < -0.4 is 16.4 Å². The Bertz CT molecular complexity index is 939. The molecule has 1 amide bonds. The van der Waals surface area contributed by atoms with Crippen LogP contribution >= 0.6 is 11.3 Å². The van der Waals surface area contributed by atoms with Gasteiger partial charge in [0.25, 0.3) is 0 Å². The zero-order chi connectivity index (χ0) is 18.7. The first kappa shape index (κ1) is 17.8. The molecule has 8 heteroatoms. The summed E-state index contributed by atoms with van der Waals surface area (Å²) in [7, 11) is 0. The van der Waals surface area contributed by atoms with E-state index in [1.807, 2.05) is 44.2 Å². The zero-order valence-electron chi connectivity index (χ0n) is 14.8. The van der Waals surface area contributed by atoms with Crippen molar-refractivity contribution in [3.8, 4) is 10.6 Å². The maximum Gasteiger partial charge on any atom is 0.217 e. The molecule has 0 radical (unpaired) electrons. The smallest absolute Gasteiger partial charge is 0.217 e. The highest BCUT2D eigenvalue weighted by Crippen LogP contribution is 2.34. The van der Waals surface area contributed by atoms with Crippen LogP contribution in [0, 0.1) is 6.92 Å². The fraction of sp³-hybridized carbons (Fsp3) is 0.222. The molecule has 0 saturated carbocycles. The van der Waals surface area contributed by atoms with Gasteiger partial charge in [0.1, 0.15) is 22.5 Å². The van der Waals surface area contributed by atoms with Gasteiger partial charge in [-0.3, -0.25) is 4.79 Å². The Morgan fingerprint density at radius 2 is 2.04 bits per heavy atom. The largest absolute Gasteiger partial charge is 0.382 e. The van der Waals surface area contributed by atoms with Crippen molar-refractivity contribution >= 4 is 34.7 Å². The fourth-order valence-electron chi connectivity index (χ4n) is 2.45. The number of aromatic nitrogens is 3. The van der Waals surface area contributed by atoms with Gasteiger partial charge in [-0.25, -0.2) is 15.0 Å². The first-order chi connectivity index (χ1) is 12.4.